The molecule has 0 spiro atoms. The number of esters is 1. The first-order valence-corrected chi connectivity index (χ1v) is 16.5. The van der Waals surface area contributed by atoms with Gasteiger partial charge in [0.25, 0.3) is 0 Å². The Morgan fingerprint density at radius 1 is 0.619 bits per heavy atom. The van der Waals surface area contributed by atoms with Crippen LogP contribution in [0.15, 0.2) is 18.2 Å². The second-order valence-corrected chi connectivity index (χ2v) is 11.0. The second-order valence-electron chi connectivity index (χ2n) is 11.0. The second kappa shape index (κ2) is 25.9. The molecule has 240 valence electrons. The van der Waals surface area contributed by atoms with Crippen molar-refractivity contribution in [3.63, 3.8) is 0 Å². The molecule has 0 aromatic heterocycles. The lowest BCUT2D eigenvalue weighted by Crippen LogP contribution is -2.18. The maximum absolute atomic E-state index is 12.4. The van der Waals surface area contributed by atoms with E-state index in [1.807, 2.05) is 0 Å². The first-order chi connectivity index (χ1) is 20.5. The number of hydrogen-bond donors (Lipinski definition) is 1. The van der Waals surface area contributed by atoms with Crippen LogP contribution in [-0.4, -0.2) is 38.5 Å². The number of benzene rings is 1. The number of carbonyl (C=O) groups is 3. The van der Waals surface area contributed by atoms with E-state index in [4.69, 9.17) is 18.9 Å². The van der Waals surface area contributed by atoms with Gasteiger partial charge in [-0.1, -0.05) is 129 Å². The topological polar surface area (TPSA) is 100 Å². The summed E-state index contributed by atoms with van der Waals surface area (Å²) >= 11 is 0. The zero-order valence-electron chi connectivity index (χ0n) is 26.6. The third-order valence-electron chi connectivity index (χ3n) is 7.28. The van der Waals surface area contributed by atoms with Gasteiger partial charge in [-0.15, -0.1) is 0 Å². The van der Waals surface area contributed by atoms with Crippen molar-refractivity contribution in [2.24, 2.45) is 0 Å². The minimum absolute atomic E-state index is 0.125. The molecule has 0 aliphatic carbocycles. The highest BCUT2D eigenvalue weighted by Crippen LogP contribution is 2.24. The van der Waals surface area contributed by atoms with Crippen LogP contribution < -0.4 is 10.1 Å². The Balaban J connectivity index is 2.33. The molecule has 1 N–H and O–H groups in total. The fraction of sp³-hybridized carbons (Fsp3) is 0.735. The van der Waals surface area contributed by atoms with Gasteiger partial charge in [0.1, 0.15) is 5.75 Å². The monoisotopic (exact) mass is 591 g/mol. The molecule has 0 radical (unpaired) electrons. The fourth-order valence-corrected chi connectivity index (χ4v) is 4.75. The Labute approximate surface area is 254 Å². The molecule has 1 amide bonds. The van der Waals surface area contributed by atoms with E-state index in [-0.39, 0.29) is 30.2 Å². The molecule has 0 saturated carbocycles. The third-order valence-corrected chi connectivity index (χ3v) is 7.28. The number of ether oxygens (including phenoxy) is 4. The first kappa shape index (κ1) is 37.3. The van der Waals surface area contributed by atoms with Gasteiger partial charge in [0, 0.05) is 6.07 Å². The summed E-state index contributed by atoms with van der Waals surface area (Å²) in [5, 5.41) is 2.57. The molecular formula is C34H57NO7. The Bertz CT molecular complexity index is 858. The molecule has 0 fully saturated rings. The summed E-state index contributed by atoms with van der Waals surface area (Å²) in [5.41, 5.74) is 0.259. The van der Waals surface area contributed by atoms with Gasteiger partial charge in [-0.3, -0.25) is 5.32 Å². The van der Waals surface area contributed by atoms with Crippen molar-refractivity contribution < 1.29 is 33.3 Å². The van der Waals surface area contributed by atoms with Crippen LogP contribution in [0.2, 0.25) is 0 Å². The SMILES string of the molecule is CCCCCCCCCCCCOC(=O)Nc1cc(OC(=O)OCCCCCCCCCCCC)ccc1C(=O)OC. The average Bonchev–Trinajstić information content (AvgIpc) is 2.98. The predicted molar refractivity (Wildman–Crippen MR) is 168 cm³/mol. The smallest absolute Gasteiger partial charge is 0.465 e. The van der Waals surface area contributed by atoms with Crippen molar-refractivity contribution >= 4 is 23.9 Å². The quantitative estimate of drug-likeness (QED) is 0.0522. The molecule has 0 heterocycles. The first-order valence-electron chi connectivity index (χ1n) is 16.5. The standard InChI is InChI=1S/C34H57NO7/c1-4-6-8-10-12-14-16-18-20-22-26-40-33(37)35-31-28-29(24-25-30(31)32(36)39-3)42-34(38)41-27-23-21-19-17-15-13-11-9-7-5-2/h24-25,28H,4-23,26-27H2,1-3H3,(H,35,37). The number of hydrogen-bond acceptors (Lipinski definition) is 7. The molecule has 0 atom stereocenters. The lowest BCUT2D eigenvalue weighted by molar-refractivity contribution is 0.0602. The highest BCUT2D eigenvalue weighted by atomic mass is 16.7. The maximum atomic E-state index is 12.4. The van der Waals surface area contributed by atoms with E-state index in [0.29, 0.717) is 0 Å². The van der Waals surface area contributed by atoms with Gasteiger partial charge in [-0.25, -0.2) is 14.4 Å². The van der Waals surface area contributed by atoms with Crippen LogP contribution >= 0.6 is 0 Å². The average molecular weight is 592 g/mol. The van der Waals surface area contributed by atoms with E-state index in [1.165, 1.54) is 115 Å². The van der Waals surface area contributed by atoms with Crippen molar-refractivity contribution in [3.8, 4) is 5.75 Å². The lowest BCUT2D eigenvalue weighted by atomic mass is 10.1. The number of nitrogens with one attached hydrogen (secondary N) is 1. The fourth-order valence-electron chi connectivity index (χ4n) is 4.75. The molecule has 0 aliphatic heterocycles. The van der Waals surface area contributed by atoms with Crippen molar-refractivity contribution in [2.45, 2.75) is 142 Å². The van der Waals surface area contributed by atoms with Crippen LogP contribution in [0.3, 0.4) is 0 Å². The molecule has 8 nitrogen and oxygen atoms in total. The summed E-state index contributed by atoms with van der Waals surface area (Å²) in [6.45, 7) is 5.03. The largest absolute Gasteiger partial charge is 0.513 e. The molecule has 0 aliphatic rings. The Morgan fingerprint density at radius 2 is 1.07 bits per heavy atom. The summed E-state index contributed by atoms with van der Waals surface area (Å²) in [4.78, 5) is 36.7. The molecule has 42 heavy (non-hydrogen) atoms. The molecule has 1 aromatic rings. The number of methoxy groups -OCH3 is 1. The van der Waals surface area contributed by atoms with Crippen molar-refractivity contribution in [3.05, 3.63) is 23.8 Å². The van der Waals surface area contributed by atoms with Gasteiger partial charge >= 0.3 is 18.2 Å². The molecule has 1 rings (SSSR count). The molecule has 1 aromatic carbocycles. The van der Waals surface area contributed by atoms with Crippen molar-refractivity contribution in [1.82, 2.24) is 0 Å². The lowest BCUT2D eigenvalue weighted by Gasteiger charge is -2.12. The summed E-state index contributed by atoms with van der Waals surface area (Å²) in [7, 11) is 1.25. The summed E-state index contributed by atoms with van der Waals surface area (Å²) in [6.07, 6.45) is 22.3. The molecule has 0 bridgehead atoms. The summed E-state index contributed by atoms with van der Waals surface area (Å²) in [5.74, 6) is -0.490. The number of carbonyl (C=O) groups excluding carboxylic acids is 3. The van der Waals surface area contributed by atoms with Crippen LogP contribution in [0, 0.1) is 0 Å². The van der Waals surface area contributed by atoms with Gasteiger partial charge in [-0.05, 0) is 25.0 Å². The number of rotatable bonds is 25. The van der Waals surface area contributed by atoms with E-state index >= 15 is 0 Å². The van der Waals surface area contributed by atoms with E-state index in [2.05, 4.69) is 19.2 Å². The summed E-state index contributed by atoms with van der Waals surface area (Å²) < 4.78 is 20.6. The Morgan fingerprint density at radius 3 is 1.55 bits per heavy atom. The van der Waals surface area contributed by atoms with E-state index in [0.717, 1.165) is 38.5 Å². The molecular weight excluding hydrogens is 534 g/mol. The van der Waals surface area contributed by atoms with Crippen LogP contribution in [0.4, 0.5) is 15.3 Å². The van der Waals surface area contributed by atoms with Crippen LogP contribution in [0.1, 0.15) is 153 Å². The van der Waals surface area contributed by atoms with Gasteiger partial charge in [0.15, 0.2) is 0 Å². The van der Waals surface area contributed by atoms with Gasteiger partial charge in [0.2, 0.25) is 0 Å². The molecule has 8 heteroatoms. The highest BCUT2D eigenvalue weighted by Gasteiger charge is 2.17. The minimum Gasteiger partial charge on any atom is -0.465 e. The number of amides is 1. The predicted octanol–water partition coefficient (Wildman–Crippen LogP) is 10.4. The normalized spacial score (nSPS) is 10.7. The van der Waals surface area contributed by atoms with Crippen LogP contribution in [0.5, 0.6) is 5.75 Å². The number of anilines is 1. The Kier molecular flexibility index (Phi) is 23.0. The molecule has 0 unspecified atom stereocenters. The van der Waals surface area contributed by atoms with Crippen LogP contribution in [-0.2, 0) is 14.2 Å². The van der Waals surface area contributed by atoms with Crippen molar-refractivity contribution in [1.29, 1.82) is 0 Å². The van der Waals surface area contributed by atoms with Crippen molar-refractivity contribution in [2.75, 3.05) is 25.6 Å². The van der Waals surface area contributed by atoms with Gasteiger partial charge in [-0.2, -0.15) is 0 Å². The maximum Gasteiger partial charge on any atom is 0.513 e. The van der Waals surface area contributed by atoms with E-state index < -0.39 is 18.2 Å². The van der Waals surface area contributed by atoms with E-state index in [1.54, 1.807) is 0 Å². The van der Waals surface area contributed by atoms with Crippen LogP contribution in [0.25, 0.3) is 0 Å². The van der Waals surface area contributed by atoms with Gasteiger partial charge < -0.3 is 18.9 Å². The summed E-state index contributed by atoms with van der Waals surface area (Å²) in [6, 6.07) is 4.26. The number of unbranched alkanes of at least 4 members (excludes halogenated alkanes) is 18. The van der Waals surface area contributed by atoms with Gasteiger partial charge in [0.05, 0.1) is 31.6 Å². The highest BCUT2D eigenvalue weighted by molar-refractivity contribution is 6.00. The van der Waals surface area contributed by atoms with E-state index in [9.17, 15) is 14.4 Å². The third kappa shape index (κ3) is 19.4. The minimum atomic E-state index is -0.828. The zero-order valence-corrected chi connectivity index (χ0v) is 26.6. The Hall–Kier alpha value is -2.77. The zero-order chi connectivity index (χ0) is 30.7. The molecule has 0 saturated heterocycles.